The molecule has 0 unspecified atom stereocenters. The standard InChI is InChI=1S/C25H25Cl2N3O2/c1-4-20-23(18-11-10-16(26)13-19(18)27)28-21(5-2)25(29-20)30-24-17-9-7-6-8-15(17)12-22(24)32-14(3)31/h6-11,13,22,24H,4-5,12H2,1-3H3,(H,29,30)/t22-,24-/m0/s1. The minimum atomic E-state index is -0.299. The Bertz CT molecular complexity index is 1170. The van der Waals surface area contributed by atoms with Gasteiger partial charge in [0.05, 0.1) is 28.1 Å². The molecule has 0 saturated carbocycles. The Morgan fingerprint density at radius 1 is 1.09 bits per heavy atom. The van der Waals surface area contributed by atoms with E-state index in [0.29, 0.717) is 35.1 Å². The summed E-state index contributed by atoms with van der Waals surface area (Å²) in [6.07, 6.45) is 1.74. The molecule has 0 spiro atoms. The van der Waals surface area contributed by atoms with E-state index >= 15 is 0 Å². The fraction of sp³-hybridized carbons (Fsp3) is 0.320. The molecule has 1 heterocycles. The first kappa shape index (κ1) is 22.6. The molecule has 3 aromatic rings. The zero-order valence-corrected chi connectivity index (χ0v) is 19.8. The first-order valence-corrected chi connectivity index (χ1v) is 11.5. The maximum absolute atomic E-state index is 11.7. The number of ether oxygens (including phenoxy) is 1. The van der Waals surface area contributed by atoms with Crippen LogP contribution in [0, 0.1) is 0 Å². The highest BCUT2D eigenvalue weighted by atomic mass is 35.5. The van der Waals surface area contributed by atoms with Gasteiger partial charge in [0.15, 0.2) is 0 Å². The normalized spacial score (nSPS) is 17.2. The van der Waals surface area contributed by atoms with Crippen molar-refractivity contribution < 1.29 is 9.53 Å². The third-order valence-corrected chi connectivity index (χ3v) is 6.24. The smallest absolute Gasteiger partial charge is 0.302 e. The summed E-state index contributed by atoms with van der Waals surface area (Å²) < 4.78 is 5.65. The predicted molar refractivity (Wildman–Crippen MR) is 128 cm³/mol. The van der Waals surface area contributed by atoms with Crippen LogP contribution in [0.5, 0.6) is 0 Å². The molecule has 1 aromatic heterocycles. The third kappa shape index (κ3) is 4.45. The summed E-state index contributed by atoms with van der Waals surface area (Å²) >= 11 is 12.6. The van der Waals surface area contributed by atoms with Crippen molar-refractivity contribution in [1.29, 1.82) is 0 Å². The van der Waals surface area contributed by atoms with Gasteiger partial charge in [0.25, 0.3) is 0 Å². The van der Waals surface area contributed by atoms with Crippen molar-refractivity contribution in [3.8, 4) is 11.3 Å². The number of hydrogen-bond donors (Lipinski definition) is 1. The number of nitrogens with zero attached hydrogens (tertiary/aromatic N) is 2. The topological polar surface area (TPSA) is 64.1 Å². The largest absolute Gasteiger partial charge is 0.460 e. The molecule has 0 saturated heterocycles. The fourth-order valence-electron chi connectivity index (χ4n) is 4.21. The lowest BCUT2D eigenvalue weighted by Gasteiger charge is -2.24. The van der Waals surface area contributed by atoms with Crippen molar-refractivity contribution in [3.05, 3.63) is 75.0 Å². The van der Waals surface area contributed by atoms with E-state index in [0.717, 1.165) is 28.2 Å². The van der Waals surface area contributed by atoms with Crippen LogP contribution in [0.25, 0.3) is 11.3 Å². The van der Waals surface area contributed by atoms with E-state index in [4.69, 9.17) is 37.9 Å². The van der Waals surface area contributed by atoms with Crippen molar-refractivity contribution in [1.82, 2.24) is 9.97 Å². The van der Waals surface area contributed by atoms with Gasteiger partial charge < -0.3 is 10.1 Å². The number of aromatic nitrogens is 2. The molecule has 5 nitrogen and oxygen atoms in total. The molecule has 1 N–H and O–H groups in total. The van der Waals surface area contributed by atoms with Gasteiger partial charge in [0, 0.05) is 23.9 Å². The quantitative estimate of drug-likeness (QED) is 0.434. The van der Waals surface area contributed by atoms with Crippen molar-refractivity contribution in [2.24, 2.45) is 0 Å². The van der Waals surface area contributed by atoms with E-state index in [-0.39, 0.29) is 18.1 Å². The first-order valence-electron chi connectivity index (χ1n) is 10.8. The van der Waals surface area contributed by atoms with Crippen LogP contribution in [0.1, 0.15) is 49.3 Å². The van der Waals surface area contributed by atoms with E-state index in [9.17, 15) is 4.79 Å². The number of esters is 1. The molecule has 1 aliphatic rings. The number of fused-ring (bicyclic) bond motifs is 1. The predicted octanol–water partition coefficient (Wildman–Crippen LogP) is 6.22. The van der Waals surface area contributed by atoms with Crippen LogP contribution >= 0.6 is 23.2 Å². The number of halogens is 2. The van der Waals surface area contributed by atoms with Gasteiger partial charge in [0.2, 0.25) is 0 Å². The molecule has 7 heteroatoms. The Balaban J connectivity index is 1.75. The van der Waals surface area contributed by atoms with Crippen LogP contribution < -0.4 is 5.32 Å². The van der Waals surface area contributed by atoms with E-state index in [1.807, 2.05) is 32.0 Å². The molecule has 32 heavy (non-hydrogen) atoms. The lowest BCUT2D eigenvalue weighted by Crippen LogP contribution is -2.27. The second kappa shape index (κ2) is 9.47. The number of hydrogen-bond acceptors (Lipinski definition) is 5. The minimum Gasteiger partial charge on any atom is -0.460 e. The average molecular weight is 470 g/mol. The molecule has 1 aliphatic carbocycles. The molecular formula is C25H25Cl2N3O2. The van der Waals surface area contributed by atoms with Gasteiger partial charge in [-0.3, -0.25) is 4.79 Å². The van der Waals surface area contributed by atoms with Crippen LogP contribution in [0.3, 0.4) is 0 Å². The molecule has 2 aromatic carbocycles. The van der Waals surface area contributed by atoms with E-state index < -0.39 is 0 Å². The third-order valence-electron chi connectivity index (χ3n) is 5.69. The Kier molecular flexibility index (Phi) is 6.68. The number of nitrogens with one attached hydrogen (secondary N) is 1. The summed E-state index contributed by atoms with van der Waals surface area (Å²) in [6.45, 7) is 5.52. The van der Waals surface area contributed by atoms with Gasteiger partial charge in [-0.25, -0.2) is 9.97 Å². The number of aryl methyl sites for hydroxylation is 2. The molecule has 0 bridgehead atoms. The van der Waals surface area contributed by atoms with E-state index in [1.165, 1.54) is 12.5 Å². The van der Waals surface area contributed by atoms with Crippen LogP contribution in [0.4, 0.5) is 5.82 Å². The number of carbonyl (C=O) groups is 1. The summed E-state index contributed by atoms with van der Waals surface area (Å²) in [5.74, 6) is 0.412. The molecular weight excluding hydrogens is 445 g/mol. The van der Waals surface area contributed by atoms with Crippen LogP contribution in [-0.2, 0) is 28.8 Å². The zero-order valence-electron chi connectivity index (χ0n) is 18.3. The Hall–Kier alpha value is -2.63. The van der Waals surface area contributed by atoms with Crippen LogP contribution in [-0.4, -0.2) is 22.0 Å². The molecule has 0 aliphatic heterocycles. The van der Waals surface area contributed by atoms with Gasteiger partial charge in [-0.15, -0.1) is 0 Å². The molecule has 2 atom stereocenters. The number of rotatable bonds is 6. The molecule has 4 rings (SSSR count). The van der Waals surface area contributed by atoms with Gasteiger partial charge in [-0.05, 0) is 42.2 Å². The van der Waals surface area contributed by atoms with Gasteiger partial charge in [-0.1, -0.05) is 61.3 Å². The van der Waals surface area contributed by atoms with Crippen molar-refractivity contribution in [2.45, 2.75) is 52.2 Å². The minimum absolute atomic E-state index is 0.190. The van der Waals surface area contributed by atoms with Gasteiger partial charge in [-0.2, -0.15) is 0 Å². The summed E-state index contributed by atoms with van der Waals surface area (Å²) in [7, 11) is 0. The average Bonchev–Trinajstić information content (AvgIpc) is 3.10. The second-order valence-corrected chi connectivity index (χ2v) is 8.66. The SMILES string of the molecule is CCc1nc(-c2ccc(Cl)cc2Cl)c(CC)nc1N[C@H]1c2ccccc2C[C@@H]1OC(C)=O. The Morgan fingerprint density at radius 3 is 2.53 bits per heavy atom. The monoisotopic (exact) mass is 469 g/mol. The van der Waals surface area contributed by atoms with Crippen molar-refractivity contribution in [2.75, 3.05) is 5.32 Å². The lowest BCUT2D eigenvalue weighted by molar-refractivity contribution is -0.146. The highest BCUT2D eigenvalue weighted by Crippen LogP contribution is 2.37. The number of anilines is 1. The first-order chi connectivity index (χ1) is 15.4. The second-order valence-electron chi connectivity index (χ2n) is 7.82. The maximum Gasteiger partial charge on any atom is 0.302 e. The zero-order chi connectivity index (χ0) is 22.8. The van der Waals surface area contributed by atoms with Crippen LogP contribution in [0.2, 0.25) is 10.0 Å². The number of benzene rings is 2. The maximum atomic E-state index is 11.7. The Labute approximate surface area is 198 Å². The highest BCUT2D eigenvalue weighted by molar-refractivity contribution is 6.36. The number of carbonyl (C=O) groups excluding carboxylic acids is 1. The molecule has 0 radical (unpaired) electrons. The fourth-order valence-corrected chi connectivity index (χ4v) is 4.71. The van der Waals surface area contributed by atoms with Gasteiger partial charge in [0.1, 0.15) is 11.9 Å². The van der Waals surface area contributed by atoms with Crippen LogP contribution in [0.15, 0.2) is 42.5 Å². The Morgan fingerprint density at radius 2 is 1.84 bits per heavy atom. The summed E-state index contributed by atoms with van der Waals surface area (Å²) in [6, 6.07) is 13.4. The lowest BCUT2D eigenvalue weighted by atomic mass is 10.1. The van der Waals surface area contributed by atoms with E-state index in [2.05, 4.69) is 17.4 Å². The summed E-state index contributed by atoms with van der Waals surface area (Å²) in [4.78, 5) is 21.6. The van der Waals surface area contributed by atoms with Gasteiger partial charge >= 0.3 is 5.97 Å². The van der Waals surface area contributed by atoms with Crippen molar-refractivity contribution >= 4 is 35.0 Å². The van der Waals surface area contributed by atoms with Crippen molar-refractivity contribution in [3.63, 3.8) is 0 Å². The molecule has 166 valence electrons. The highest BCUT2D eigenvalue weighted by Gasteiger charge is 2.35. The van der Waals surface area contributed by atoms with E-state index in [1.54, 1.807) is 12.1 Å². The summed E-state index contributed by atoms with van der Waals surface area (Å²) in [5.41, 5.74) is 5.53. The molecule has 0 fully saturated rings. The summed E-state index contributed by atoms with van der Waals surface area (Å²) in [5, 5.41) is 4.67. The molecule has 0 amide bonds.